The Morgan fingerprint density at radius 2 is 1.94 bits per heavy atom. The highest BCUT2D eigenvalue weighted by Gasteiger charge is 2.14. The summed E-state index contributed by atoms with van der Waals surface area (Å²) in [5.74, 6) is -0.589. The number of hydrogen-bond donors (Lipinski definition) is 1. The fraction of sp³-hybridized carbons (Fsp3) is 0.167. The van der Waals surface area contributed by atoms with E-state index in [0.29, 0.717) is 5.76 Å². The van der Waals surface area contributed by atoms with Gasteiger partial charge in [0.1, 0.15) is 0 Å². The SMILES string of the molecule is Cc1cccc(C)c1-c1cc(C(=O)O)no1. The van der Waals surface area contributed by atoms with Crippen LogP contribution in [0.15, 0.2) is 28.8 Å². The van der Waals surface area contributed by atoms with Crippen molar-refractivity contribution in [2.45, 2.75) is 13.8 Å². The van der Waals surface area contributed by atoms with Crippen molar-refractivity contribution in [2.24, 2.45) is 0 Å². The molecule has 0 radical (unpaired) electrons. The Hall–Kier alpha value is -2.10. The van der Waals surface area contributed by atoms with Crippen LogP contribution < -0.4 is 0 Å². The maximum atomic E-state index is 10.7. The number of carboxylic acid groups (broad SMARTS) is 1. The molecule has 2 rings (SSSR count). The van der Waals surface area contributed by atoms with Gasteiger partial charge in [-0.1, -0.05) is 23.4 Å². The van der Waals surface area contributed by atoms with Crippen molar-refractivity contribution in [2.75, 3.05) is 0 Å². The van der Waals surface area contributed by atoms with Crippen LogP contribution in [0, 0.1) is 13.8 Å². The van der Waals surface area contributed by atoms with Crippen LogP contribution in [0.5, 0.6) is 0 Å². The minimum atomic E-state index is -1.08. The van der Waals surface area contributed by atoms with Crippen LogP contribution in [0.25, 0.3) is 11.3 Å². The van der Waals surface area contributed by atoms with E-state index in [9.17, 15) is 4.79 Å². The Bertz CT molecular complexity index is 523. The van der Waals surface area contributed by atoms with Crippen LogP contribution in [-0.2, 0) is 0 Å². The topological polar surface area (TPSA) is 63.3 Å². The molecule has 4 heteroatoms. The van der Waals surface area contributed by atoms with Crippen LogP contribution in [-0.4, -0.2) is 16.2 Å². The monoisotopic (exact) mass is 217 g/mol. The predicted molar refractivity (Wildman–Crippen MR) is 58.4 cm³/mol. The Morgan fingerprint density at radius 1 is 1.31 bits per heavy atom. The van der Waals surface area contributed by atoms with E-state index >= 15 is 0 Å². The van der Waals surface area contributed by atoms with E-state index in [1.807, 2.05) is 32.0 Å². The first-order chi connectivity index (χ1) is 7.59. The second kappa shape index (κ2) is 3.81. The lowest BCUT2D eigenvalue weighted by molar-refractivity contribution is 0.0686. The molecule has 0 atom stereocenters. The molecule has 0 aliphatic rings. The lowest BCUT2D eigenvalue weighted by Crippen LogP contribution is -1.94. The number of benzene rings is 1. The third-order valence-electron chi connectivity index (χ3n) is 2.46. The molecule has 4 nitrogen and oxygen atoms in total. The van der Waals surface area contributed by atoms with E-state index < -0.39 is 5.97 Å². The Labute approximate surface area is 92.5 Å². The molecular weight excluding hydrogens is 206 g/mol. The molecule has 0 aliphatic carbocycles. The van der Waals surface area contributed by atoms with Crippen molar-refractivity contribution in [1.29, 1.82) is 0 Å². The van der Waals surface area contributed by atoms with E-state index in [0.717, 1.165) is 16.7 Å². The molecule has 0 unspecified atom stereocenters. The molecule has 0 aliphatic heterocycles. The number of nitrogens with zero attached hydrogens (tertiary/aromatic N) is 1. The van der Waals surface area contributed by atoms with E-state index in [1.165, 1.54) is 6.07 Å². The minimum absolute atomic E-state index is 0.0716. The van der Waals surface area contributed by atoms with Crippen LogP contribution in [0.4, 0.5) is 0 Å². The van der Waals surface area contributed by atoms with Crippen LogP contribution >= 0.6 is 0 Å². The van der Waals surface area contributed by atoms with Crippen LogP contribution in [0.1, 0.15) is 21.6 Å². The number of aromatic nitrogens is 1. The van der Waals surface area contributed by atoms with Gasteiger partial charge in [0.2, 0.25) is 0 Å². The molecule has 1 heterocycles. The molecule has 0 fully saturated rings. The van der Waals surface area contributed by atoms with Crippen molar-refractivity contribution in [1.82, 2.24) is 5.16 Å². The molecule has 0 saturated heterocycles. The average Bonchev–Trinajstić information content (AvgIpc) is 2.66. The summed E-state index contributed by atoms with van der Waals surface area (Å²) in [5.41, 5.74) is 2.90. The normalized spacial score (nSPS) is 10.4. The molecular formula is C12H11NO3. The van der Waals surface area contributed by atoms with Crippen molar-refractivity contribution in [3.63, 3.8) is 0 Å². The molecule has 0 saturated carbocycles. The number of aromatic carboxylic acids is 1. The van der Waals surface area contributed by atoms with Gasteiger partial charge in [-0.2, -0.15) is 0 Å². The molecule has 0 amide bonds. The molecule has 82 valence electrons. The highest BCUT2D eigenvalue weighted by Crippen LogP contribution is 2.27. The zero-order chi connectivity index (χ0) is 11.7. The van der Waals surface area contributed by atoms with Gasteiger partial charge in [0, 0.05) is 11.6 Å². The molecule has 0 spiro atoms. The summed E-state index contributed by atoms with van der Waals surface area (Å²) in [5, 5.41) is 12.3. The highest BCUT2D eigenvalue weighted by molar-refractivity contribution is 5.86. The van der Waals surface area contributed by atoms with E-state index in [-0.39, 0.29) is 5.69 Å². The maximum Gasteiger partial charge on any atom is 0.358 e. The smallest absolute Gasteiger partial charge is 0.358 e. The molecule has 1 N–H and O–H groups in total. The van der Waals surface area contributed by atoms with Gasteiger partial charge in [-0.3, -0.25) is 0 Å². The standard InChI is InChI=1S/C12H11NO3/c1-7-4-3-5-8(2)11(7)10-6-9(12(14)15)13-16-10/h3-6H,1-2H3,(H,14,15). The van der Waals surface area contributed by atoms with Gasteiger partial charge in [-0.25, -0.2) is 4.79 Å². The van der Waals surface area contributed by atoms with Gasteiger partial charge >= 0.3 is 5.97 Å². The van der Waals surface area contributed by atoms with Crippen LogP contribution in [0.2, 0.25) is 0 Å². The van der Waals surface area contributed by atoms with Crippen molar-refractivity contribution in [3.8, 4) is 11.3 Å². The zero-order valence-electron chi connectivity index (χ0n) is 9.02. The first kappa shape index (κ1) is 10.4. The lowest BCUT2D eigenvalue weighted by Gasteiger charge is -2.04. The summed E-state index contributed by atoms with van der Waals surface area (Å²) in [6.45, 7) is 3.90. The third kappa shape index (κ3) is 1.69. The third-order valence-corrected chi connectivity index (χ3v) is 2.46. The quantitative estimate of drug-likeness (QED) is 0.839. The first-order valence-corrected chi connectivity index (χ1v) is 4.86. The van der Waals surface area contributed by atoms with Gasteiger partial charge in [-0.05, 0) is 25.0 Å². The van der Waals surface area contributed by atoms with Gasteiger partial charge < -0.3 is 9.63 Å². The summed E-state index contributed by atoms with van der Waals surface area (Å²) in [6.07, 6.45) is 0. The summed E-state index contributed by atoms with van der Waals surface area (Å²) in [4.78, 5) is 10.7. The van der Waals surface area contributed by atoms with E-state index in [2.05, 4.69) is 5.16 Å². The summed E-state index contributed by atoms with van der Waals surface area (Å²) < 4.78 is 5.04. The van der Waals surface area contributed by atoms with Crippen molar-refractivity contribution >= 4 is 5.97 Å². The van der Waals surface area contributed by atoms with E-state index in [4.69, 9.17) is 9.63 Å². The molecule has 1 aromatic heterocycles. The lowest BCUT2D eigenvalue weighted by atomic mass is 10.0. The minimum Gasteiger partial charge on any atom is -0.476 e. The summed E-state index contributed by atoms with van der Waals surface area (Å²) >= 11 is 0. The van der Waals surface area contributed by atoms with Gasteiger partial charge in [-0.15, -0.1) is 0 Å². The van der Waals surface area contributed by atoms with Crippen molar-refractivity contribution in [3.05, 3.63) is 41.1 Å². The Kier molecular flexibility index (Phi) is 2.48. The number of aryl methyl sites for hydroxylation is 2. The fourth-order valence-corrected chi connectivity index (χ4v) is 1.70. The second-order valence-corrected chi connectivity index (χ2v) is 3.65. The summed E-state index contributed by atoms with van der Waals surface area (Å²) in [6, 6.07) is 7.29. The Morgan fingerprint density at radius 3 is 2.44 bits per heavy atom. The molecule has 2 aromatic rings. The predicted octanol–water partition coefficient (Wildman–Crippen LogP) is 2.66. The van der Waals surface area contributed by atoms with Crippen molar-refractivity contribution < 1.29 is 14.4 Å². The number of carbonyl (C=O) groups is 1. The van der Waals surface area contributed by atoms with Gasteiger partial charge in [0.05, 0.1) is 0 Å². The maximum absolute atomic E-state index is 10.7. The average molecular weight is 217 g/mol. The van der Waals surface area contributed by atoms with Crippen LogP contribution in [0.3, 0.4) is 0 Å². The van der Waals surface area contributed by atoms with E-state index in [1.54, 1.807) is 0 Å². The fourth-order valence-electron chi connectivity index (χ4n) is 1.70. The number of rotatable bonds is 2. The summed E-state index contributed by atoms with van der Waals surface area (Å²) in [7, 11) is 0. The molecule has 0 bridgehead atoms. The zero-order valence-corrected chi connectivity index (χ0v) is 9.02. The van der Waals surface area contributed by atoms with Gasteiger partial charge in [0.15, 0.2) is 11.5 Å². The Balaban J connectivity index is 2.54. The second-order valence-electron chi connectivity index (χ2n) is 3.65. The van der Waals surface area contributed by atoms with Gasteiger partial charge in [0.25, 0.3) is 0 Å². The number of carboxylic acids is 1. The molecule has 1 aromatic carbocycles. The highest BCUT2D eigenvalue weighted by atomic mass is 16.5. The largest absolute Gasteiger partial charge is 0.476 e. The first-order valence-electron chi connectivity index (χ1n) is 4.86. The molecule has 16 heavy (non-hydrogen) atoms. The number of hydrogen-bond acceptors (Lipinski definition) is 3.